The molecule has 88 valence electrons. The van der Waals surface area contributed by atoms with Gasteiger partial charge in [0.05, 0.1) is 5.92 Å². The minimum absolute atomic E-state index is 0.215. The van der Waals surface area contributed by atoms with Gasteiger partial charge in [-0.15, -0.1) is 13.2 Å². The number of halogens is 4. The van der Waals surface area contributed by atoms with Gasteiger partial charge in [0.15, 0.2) is 0 Å². The third-order valence-corrected chi connectivity index (χ3v) is 2.57. The molecule has 0 bridgehead atoms. The van der Waals surface area contributed by atoms with Gasteiger partial charge in [-0.3, -0.25) is 0 Å². The molecule has 0 radical (unpaired) electrons. The third kappa shape index (κ3) is 3.52. The molecular weight excluding hydrogens is 289 g/mol. The largest absolute Gasteiger partial charge is 0.573 e. The van der Waals surface area contributed by atoms with Crippen LogP contribution in [0.1, 0.15) is 11.5 Å². The Balaban J connectivity index is 3.04. The van der Waals surface area contributed by atoms with Gasteiger partial charge in [-0.05, 0) is 6.07 Å². The number of rotatable bonds is 4. The molecule has 1 rings (SSSR count). The average molecular weight is 297 g/mol. The molecule has 6 heteroatoms. The van der Waals surface area contributed by atoms with Gasteiger partial charge >= 0.3 is 6.36 Å². The van der Waals surface area contributed by atoms with Crippen LogP contribution in [0.4, 0.5) is 13.2 Å². The molecule has 0 saturated heterocycles. The predicted octanol–water partition coefficient (Wildman–Crippen LogP) is 3.26. The lowest BCUT2D eigenvalue weighted by atomic mass is 10.0. The second-order valence-corrected chi connectivity index (χ2v) is 3.63. The fourth-order valence-electron chi connectivity index (χ4n) is 1.20. The molecule has 16 heavy (non-hydrogen) atoms. The van der Waals surface area contributed by atoms with Gasteiger partial charge in [-0.2, -0.15) is 0 Å². The van der Waals surface area contributed by atoms with Crippen LogP contribution in [0.15, 0.2) is 24.3 Å². The van der Waals surface area contributed by atoms with E-state index in [9.17, 15) is 18.0 Å². The number of ether oxygens (including phenoxy) is 1. The second kappa shape index (κ2) is 5.34. The Labute approximate surface area is 98.5 Å². The number of hydrogen-bond donors (Lipinski definition) is 0. The van der Waals surface area contributed by atoms with Crippen LogP contribution in [-0.2, 0) is 4.79 Å². The lowest BCUT2D eigenvalue weighted by Crippen LogP contribution is -2.19. The lowest BCUT2D eigenvalue weighted by molar-refractivity contribution is -0.274. The molecule has 0 aliphatic rings. The van der Waals surface area contributed by atoms with Crippen LogP contribution in [0.5, 0.6) is 5.75 Å². The molecule has 0 spiro atoms. The molecule has 0 aliphatic carbocycles. The van der Waals surface area contributed by atoms with Crippen LogP contribution in [0, 0.1) is 0 Å². The van der Waals surface area contributed by atoms with E-state index in [-0.39, 0.29) is 16.6 Å². The maximum absolute atomic E-state index is 12.1. The molecule has 0 N–H and O–H groups in total. The highest BCUT2D eigenvalue weighted by Gasteiger charge is 2.32. The second-order valence-electron chi connectivity index (χ2n) is 2.98. The minimum Gasteiger partial charge on any atom is -0.405 e. The molecule has 1 atom stereocenters. The Morgan fingerprint density at radius 2 is 2.00 bits per heavy atom. The van der Waals surface area contributed by atoms with Crippen molar-refractivity contribution < 1.29 is 22.7 Å². The first-order valence-electron chi connectivity index (χ1n) is 4.34. The van der Waals surface area contributed by atoms with Gasteiger partial charge in [0.25, 0.3) is 0 Å². The first kappa shape index (κ1) is 13.0. The summed E-state index contributed by atoms with van der Waals surface area (Å²) in [5, 5.41) is 0.245. The quantitative estimate of drug-likeness (QED) is 0.630. The van der Waals surface area contributed by atoms with Crippen molar-refractivity contribution >= 4 is 22.2 Å². The molecule has 0 aromatic heterocycles. The maximum atomic E-state index is 12.1. The summed E-state index contributed by atoms with van der Waals surface area (Å²) in [6.45, 7) is 0. The van der Waals surface area contributed by atoms with Gasteiger partial charge in [-0.1, -0.05) is 34.1 Å². The van der Waals surface area contributed by atoms with Crippen LogP contribution >= 0.6 is 15.9 Å². The van der Waals surface area contributed by atoms with Gasteiger partial charge < -0.3 is 9.53 Å². The van der Waals surface area contributed by atoms with Crippen molar-refractivity contribution in [2.45, 2.75) is 12.3 Å². The van der Waals surface area contributed by atoms with E-state index in [1.54, 1.807) is 6.07 Å². The summed E-state index contributed by atoms with van der Waals surface area (Å²) in [5.74, 6) is -0.995. The third-order valence-electron chi connectivity index (χ3n) is 1.87. The van der Waals surface area contributed by atoms with Gasteiger partial charge in [0.1, 0.15) is 12.0 Å². The number of carbonyl (C=O) groups excluding carboxylic acids is 1. The summed E-state index contributed by atoms with van der Waals surface area (Å²) in [4.78, 5) is 10.7. The first-order chi connectivity index (χ1) is 7.48. The normalized spacial score (nSPS) is 13.2. The monoisotopic (exact) mass is 296 g/mol. The Hall–Kier alpha value is -1.04. The molecule has 1 unspecified atom stereocenters. The van der Waals surface area contributed by atoms with Crippen LogP contribution in [0.3, 0.4) is 0 Å². The van der Waals surface area contributed by atoms with Crippen LogP contribution in [0.2, 0.25) is 0 Å². The fraction of sp³-hybridized carbons (Fsp3) is 0.300. The number of aldehydes is 1. The number of carbonyl (C=O) groups is 1. The summed E-state index contributed by atoms with van der Waals surface area (Å²) in [6.07, 6.45) is -4.18. The first-order valence-corrected chi connectivity index (χ1v) is 5.46. The molecule has 0 heterocycles. The number of para-hydroxylation sites is 1. The van der Waals surface area contributed by atoms with E-state index in [0.717, 1.165) is 0 Å². The van der Waals surface area contributed by atoms with Crippen LogP contribution < -0.4 is 4.74 Å². The zero-order valence-electron chi connectivity index (χ0n) is 8.00. The molecule has 0 fully saturated rings. The topological polar surface area (TPSA) is 26.3 Å². The Kier molecular flexibility index (Phi) is 4.35. The van der Waals surface area contributed by atoms with E-state index in [0.29, 0.717) is 6.29 Å². The Morgan fingerprint density at radius 1 is 1.38 bits per heavy atom. The smallest absolute Gasteiger partial charge is 0.405 e. The van der Waals surface area contributed by atoms with E-state index in [4.69, 9.17) is 0 Å². The molecule has 0 aliphatic heterocycles. The number of hydrogen-bond acceptors (Lipinski definition) is 2. The van der Waals surface area contributed by atoms with Crippen molar-refractivity contribution in [2.24, 2.45) is 0 Å². The van der Waals surface area contributed by atoms with Crippen molar-refractivity contribution in [2.75, 3.05) is 5.33 Å². The zero-order chi connectivity index (χ0) is 12.2. The van der Waals surface area contributed by atoms with Crippen LogP contribution in [0.25, 0.3) is 0 Å². The number of alkyl halides is 4. The molecule has 1 aromatic carbocycles. The van der Waals surface area contributed by atoms with E-state index in [2.05, 4.69) is 20.7 Å². The molecule has 1 aromatic rings. The molecule has 0 amide bonds. The standard InChI is InChI=1S/C10H8BrF3O2/c11-5-7(6-15)8-3-1-2-4-9(8)16-10(12,13)14/h1-4,6-7H,5H2. The van der Waals surface area contributed by atoms with Crippen molar-refractivity contribution in [1.29, 1.82) is 0 Å². The van der Waals surface area contributed by atoms with E-state index in [1.807, 2.05) is 0 Å². The van der Waals surface area contributed by atoms with E-state index < -0.39 is 12.3 Å². The van der Waals surface area contributed by atoms with Crippen molar-refractivity contribution in [3.05, 3.63) is 29.8 Å². The lowest BCUT2D eigenvalue weighted by Gasteiger charge is -2.15. The predicted molar refractivity (Wildman–Crippen MR) is 55.7 cm³/mol. The fourth-order valence-corrected chi connectivity index (χ4v) is 1.70. The Morgan fingerprint density at radius 3 is 2.50 bits per heavy atom. The van der Waals surface area contributed by atoms with Gasteiger partial charge in [0.2, 0.25) is 0 Å². The van der Waals surface area contributed by atoms with Crippen molar-refractivity contribution in [1.82, 2.24) is 0 Å². The van der Waals surface area contributed by atoms with Crippen molar-refractivity contribution in [3.63, 3.8) is 0 Å². The summed E-state index contributed by atoms with van der Waals surface area (Å²) in [6, 6.07) is 5.59. The maximum Gasteiger partial charge on any atom is 0.573 e. The summed E-state index contributed by atoms with van der Waals surface area (Å²) >= 11 is 3.06. The van der Waals surface area contributed by atoms with Gasteiger partial charge in [0, 0.05) is 10.9 Å². The minimum atomic E-state index is -4.75. The summed E-state index contributed by atoms with van der Waals surface area (Å²) < 4.78 is 40.0. The SMILES string of the molecule is O=CC(CBr)c1ccccc1OC(F)(F)F. The van der Waals surface area contributed by atoms with Gasteiger partial charge in [-0.25, -0.2) is 0 Å². The average Bonchev–Trinajstić information content (AvgIpc) is 2.20. The van der Waals surface area contributed by atoms with E-state index in [1.165, 1.54) is 18.2 Å². The summed E-state index contributed by atoms with van der Waals surface area (Å²) in [7, 11) is 0. The summed E-state index contributed by atoms with van der Waals surface area (Å²) in [5.41, 5.74) is 0.215. The van der Waals surface area contributed by atoms with E-state index >= 15 is 0 Å². The highest BCUT2D eigenvalue weighted by atomic mass is 79.9. The highest BCUT2D eigenvalue weighted by molar-refractivity contribution is 9.09. The highest BCUT2D eigenvalue weighted by Crippen LogP contribution is 2.31. The zero-order valence-corrected chi connectivity index (χ0v) is 9.59. The van der Waals surface area contributed by atoms with Crippen molar-refractivity contribution in [3.8, 4) is 5.75 Å². The van der Waals surface area contributed by atoms with Crippen LogP contribution in [-0.4, -0.2) is 18.0 Å². The molecular formula is C10H8BrF3O2. The molecule has 0 saturated carbocycles. The Bertz CT molecular complexity index is 365. The number of benzene rings is 1. The molecule has 2 nitrogen and oxygen atoms in total.